The van der Waals surface area contributed by atoms with E-state index in [9.17, 15) is 4.79 Å². The van der Waals surface area contributed by atoms with E-state index in [2.05, 4.69) is 10.2 Å². The fourth-order valence-electron chi connectivity index (χ4n) is 3.73. The minimum absolute atomic E-state index is 0.0456. The van der Waals surface area contributed by atoms with Crippen LogP contribution in [0.25, 0.3) is 0 Å². The molecule has 24 heavy (non-hydrogen) atoms. The second-order valence-corrected chi connectivity index (χ2v) is 6.81. The molecular formula is C19H28N2O3. The van der Waals surface area contributed by atoms with Crippen LogP contribution >= 0.6 is 0 Å². The van der Waals surface area contributed by atoms with Crippen LogP contribution in [0.4, 0.5) is 11.4 Å². The summed E-state index contributed by atoms with van der Waals surface area (Å²) < 4.78 is 10.8. The first-order chi connectivity index (χ1) is 11.7. The van der Waals surface area contributed by atoms with E-state index >= 15 is 0 Å². The average Bonchev–Trinajstić information content (AvgIpc) is 3.16. The van der Waals surface area contributed by atoms with Crippen LogP contribution in [0.1, 0.15) is 32.6 Å². The third kappa shape index (κ3) is 3.83. The number of carbonyl (C=O) groups excluding carboxylic acids is 1. The topological polar surface area (TPSA) is 50.8 Å². The van der Waals surface area contributed by atoms with Gasteiger partial charge in [0, 0.05) is 24.7 Å². The Bertz CT molecular complexity index is 564. The lowest BCUT2D eigenvalue weighted by atomic mass is 9.92. The van der Waals surface area contributed by atoms with E-state index in [0.717, 1.165) is 37.7 Å². The van der Waals surface area contributed by atoms with Gasteiger partial charge in [-0.3, -0.25) is 4.79 Å². The van der Waals surface area contributed by atoms with E-state index in [4.69, 9.17) is 9.47 Å². The summed E-state index contributed by atoms with van der Waals surface area (Å²) in [5, 5.41) is 3.10. The molecule has 0 radical (unpaired) electrons. The first kappa shape index (κ1) is 17.1. The van der Waals surface area contributed by atoms with Crippen LogP contribution in [0.2, 0.25) is 0 Å². The second-order valence-electron chi connectivity index (χ2n) is 6.81. The molecule has 1 N–H and O–H groups in total. The van der Waals surface area contributed by atoms with Crippen LogP contribution in [0.3, 0.4) is 0 Å². The van der Waals surface area contributed by atoms with Crippen LogP contribution in [0.5, 0.6) is 5.75 Å². The standard InChI is InChI=1S/C19H28N2O3/c1-14(15-5-3-4-6-15)19(22)20-17-13-16(7-8-18(17)23-2)21-9-11-24-12-10-21/h7-8,13-15H,3-6,9-12H2,1-2H3,(H,20,22). The third-order valence-corrected chi connectivity index (χ3v) is 5.34. The quantitative estimate of drug-likeness (QED) is 0.899. The molecule has 2 fully saturated rings. The van der Waals surface area contributed by atoms with Crippen molar-refractivity contribution < 1.29 is 14.3 Å². The number of morpholine rings is 1. The van der Waals surface area contributed by atoms with Gasteiger partial charge in [0.15, 0.2) is 0 Å². The van der Waals surface area contributed by atoms with Crippen LogP contribution < -0.4 is 15.0 Å². The summed E-state index contributed by atoms with van der Waals surface area (Å²) in [4.78, 5) is 14.9. The first-order valence-corrected chi connectivity index (χ1v) is 9.00. The highest BCUT2D eigenvalue weighted by molar-refractivity contribution is 5.94. The molecule has 0 spiro atoms. The van der Waals surface area contributed by atoms with Gasteiger partial charge in [-0.2, -0.15) is 0 Å². The third-order valence-electron chi connectivity index (χ3n) is 5.34. The van der Waals surface area contributed by atoms with E-state index in [0.29, 0.717) is 11.7 Å². The summed E-state index contributed by atoms with van der Waals surface area (Å²) in [6.45, 7) is 5.28. The number of methoxy groups -OCH3 is 1. The smallest absolute Gasteiger partial charge is 0.227 e. The number of hydrogen-bond acceptors (Lipinski definition) is 4. The molecule has 5 heteroatoms. The summed E-state index contributed by atoms with van der Waals surface area (Å²) in [7, 11) is 1.64. The molecule has 1 aromatic carbocycles. The fourth-order valence-corrected chi connectivity index (χ4v) is 3.73. The van der Waals surface area contributed by atoms with Gasteiger partial charge in [-0.25, -0.2) is 0 Å². The van der Waals surface area contributed by atoms with Crippen molar-refractivity contribution in [2.45, 2.75) is 32.6 Å². The molecule has 1 atom stereocenters. The lowest BCUT2D eigenvalue weighted by molar-refractivity contribution is -0.120. The molecule has 1 aliphatic carbocycles. The summed E-state index contributed by atoms with van der Waals surface area (Å²) in [5.41, 5.74) is 1.86. The molecule has 1 aliphatic heterocycles. The Balaban J connectivity index is 1.73. The van der Waals surface area contributed by atoms with Gasteiger partial charge >= 0.3 is 0 Å². The van der Waals surface area contributed by atoms with Crippen molar-refractivity contribution in [2.75, 3.05) is 43.6 Å². The van der Waals surface area contributed by atoms with Crippen LogP contribution in [0.15, 0.2) is 18.2 Å². The van der Waals surface area contributed by atoms with Gasteiger partial charge in [0.05, 0.1) is 26.0 Å². The zero-order chi connectivity index (χ0) is 16.9. The van der Waals surface area contributed by atoms with E-state index in [-0.39, 0.29) is 11.8 Å². The van der Waals surface area contributed by atoms with Gasteiger partial charge in [-0.15, -0.1) is 0 Å². The SMILES string of the molecule is COc1ccc(N2CCOCC2)cc1NC(=O)C(C)C1CCCC1. The van der Waals surface area contributed by atoms with Crippen molar-refractivity contribution in [3.05, 3.63) is 18.2 Å². The largest absolute Gasteiger partial charge is 0.495 e. The zero-order valence-corrected chi connectivity index (χ0v) is 14.7. The Hall–Kier alpha value is -1.75. The maximum absolute atomic E-state index is 12.7. The van der Waals surface area contributed by atoms with Gasteiger partial charge in [0.25, 0.3) is 0 Å². The van der Waals surface area contributed by atoms with Gasteiger partial charge < -0.3 is 19.7 Å². The van der Waals surface area contributed by atoms with Gasteiger partial charge in [-0.1, -0.05) is 19.8 Å². The Morgan fingerprint density at radius 1 is 1.29 bits per heavy atom. The number of nitrogens with one attached hydrogen (secondary N) is 1. The number of hydrogen-bond donors (Lipinski definition) is 1. The van der Waals surface area contributed by atoms with E-state index < -0.39 is 0 Å². The molecule has 1 heterocycles. The van der Waals surface area contributed by atoms with Crippen LogP contribution in [0, 0.1) is 11.8 Å². The number of benzene rings is 1. The van der Waals surface area contributed by atoms with Crippen LogP contribution in [-0.4, -0.2) is 39.3 Å². The lowest BCUT2D eigenvalue weighted by Gasteiger charge is -2.29. The highest BCUT2D eigenvalue weighted by Crippen LogP contribution is 2.34. The van der Waals surface area contributed by atoms with Crippen molar-refractivity contribution in [1.29, 1.82) is 0 Å². The second kappa shape index (κ2) is 7.88. The van der Waals surface area contributed by atoms with E-state index in [1.54, 1.807) is 7.11 Å². The molecule has 132 valence electrons. The van der Waals surface area contributed by atoms with Gasteiger partial charge in [0.2, 0.25) is 5.91 Å². The van der Waals surface area contributed by atoms with E-state index in [1.807, 2.05) is 25.1 Å². The van der Waals surface area contributed by atoms with Crippen molar-refractivity contribution in [1.82, 2.24) is 0 Å². The molecule has 2 aliphatic rings. The highest BCUT2D eigenvalue weighted by atomic mass is 16.5. The van der Waals surface area contributed by atoms with E-state index in [1.165, 1.54) is 25.7 Å². The molecule has 1 saturated heterocycles. The number of anilines is 2. The number of rotatable bonds is 5. The fraction of sp³-hybridized carbons (Fsp3) is 0.632. The normalized spacial score (nSPS) is 20.0. The molecule has 1 saturated carbocycles. The molecule has 0 aromatic heterocycles. The van der Waals surface area contributed by atoms with Crippen molar-refractivity contribution >= 4 is 17.3 Å². The summed E-state index contributed by atoms with van der Waals surface area (Å²) in [5.74, 6) is 1.36. The lowest BCUT2D eigenvalue weighted by Crippen LogP contribution is -2.36. The Kier molecular flexibility index (Phi) is 5.61. The molecular weight excluding hydrogens is 304 g/mol. The number of amides is 1. The monoisotopic (exact) mass is 332 g/mol. The van der Waals surface area contributed by atoms with Crippen molar-refractivity contribution in [3.63, 3.8) is 0 Å². The summed E-state index contributed by atoms with van der Waals surface area (Å²) in [6, 6.07) is 5.99. The highest BCUT2D eigenvalue weighted by Gasteiger charge is 2.27. The Morgan fingerprint density at radius 3 is 2.67 bits per heavy atom. The number of carbonyl (C=O) groups is 1. The minimum atomic E-state index is 0.0456. The molecule has 1 amide bonds. The Morgan fingerprint density at radius 2 is 2.00 bits per heavy atom. The van der Waals surface area contributed by atoms with Gasteiger partial charge in [-0.05, 0) is 37.0 Å². The number of nitrogens with zero attached hydrogens (tertiary/aromatic N) is 1. The predicted molar refractivity (Wildman–Crippen MR) is 95.8 cm³/mol. The average molecular weight is 332 g/mol. The van der Waals surface area contributed by atoms with Crippen LogP contribution in [-0.2, 0) is 9.53 Å². The maximum atomic E-state index is 12.7. The zero-order valence-electron chi connectivity index (χ0n) is 14.7. The predicted octanol–water partition coefficient (Wildman–Crippen LogP) is 3.30. The molecule has 5 nitrogen and oxygen atoms in total. The molecule has 3 rings (SSSR count). The van der Waals surface area contributed by atoms with Crippen molar-refractivity contribution in [2.24, 2.45) is 11.8 Å². The molecule has 0 bridgehead atoms. The molecule has 1 aromatic rings. The maximum Gasteiger partial charge on any atom is 0.227 e. The minimum Gasteiger partial charge on any atom is -0.495 e. The first-order valence-electron chi connectivity index (χ1n) is 9.00. The Labute approximate surface area is 144 Å². The van der Waals surface area contributed by atoms with Crippen molar-refractivity contribution in [3.8, 4) is 5.75 Å². The number of ether oxygens (including phenoxy) is 2. The summed E-state index contributed by atoms with van der Waals surface area (Å²) in [6.07, 6.45) is 4.83. The summed E-state index contributed by atoms with van der Waals surface area (Å²) >= 11 is 0. The van der Waals surface area contributed by atoms with Gasteiger partial charge in [0.1, 0.15) is 5.75 Å². The molecule has 1 unspecified atom stereocenters.